The number of benzene rings is 1. The molecule has 1 aromatic rings. The van der Waals surface area contributed by atoms with Crippen molar-refractivity contribution in [2.24, 2.45) is 0 Å². The van der Waals surface area contributed by atoms with Gasteiger partial charge in [-0.3, -0.25) is 0 Å². The highest BCUT2D eigenvalue weighted by molar-refractivity contribution is 5.90. The number of carbonyl (C=O) groups is 1. The van der Waals surface area contributed by atoms with E-state index in [1.165, 1.54) is 6.92 Å². The lowest BCUT2D eigenvalue weighted by molar-refractivity contribution is 0.0512. The minimum Gasteiger partial charge on any atom is -0.462 e. The number of rotatable bonds is 3. The van der Waals surface area contributed by atoms with Crippen LogP contribution >= 0.6 is 0 Å². The standard InChI is InChI=1S/C10H9F4NO2/c1-3-17-10(16)4-5(11)7(13)9(15-2)8(14)6(4)12/h15H,3H2,1-2H3. The van der Waals surface area contributed by atoms with Crippen molar-refractivity contribution in [3.63, 3.8) is 0 Å². The Labute approximate surface area is 94.4 Å². The molecule has 3 nitrogen and oxygen atoms in total. The van der Waals surface area contributed by atoms with Crippen molar-refractivity contribution in [1.29, 1.82) is 0 Å². The normalized spacial score (nSPS) is 10.2. The van der Waals surface area contributed by atoms with Crippen LogP contribution in [0.2, 0.25) is 0 Å². The number of nitrogens with one attached hydrogen (secondary N) is 1. The molecular formula is C10H9F4NO2. The van der Waals surface area contributed by atoms with Gasteiger partial charge in [-0.05, 0) is 6.92 Å². The zero-order valence-corrected chi connectivity index (χ0v) is 9.04. The van der Waals surface area contributed by atoms with E-state index in [1.807, 2.05) is 5.32 Å². The maximum atomic E-state index is 13.3. The first-order chi connectivity index (χ1) is 7.95. The van der Waals surface area contributed by atoms with E-state index in [4.69, 9.17) is 0 Å². The average Bonchev–Trinajstić information content (AvgIpc) is 2.28. The van der Waals surface area contributed by atoms with Crippen LogP contribution in [0.3, 0.4) is 0 Å². The number of hydrogen-bond acceptors (Lipinski definition) is 3. The lowest BCUT2D eigenvalue weighted by Crippen LogP contribution is -2.15. The van der Waals surface area contributed by atoms with Crippen molar-refractivity contribution < 1.29 is 27.1 Å². The molecule has 0 fully saturated rings. The minimum absolute atomic E-state index is 0.172. The Morgan fingerprint density at radius 1 is 1.12 bits per heavy atom. The predicted molar refractivity (Wildman–Crippen MR) is 51.8 cm³/mol. The monoisotopic (exact) mass is 251 g/mol. The molecule has 1 N–H and O–H groups in total. The van der Waals surface area contributed by atoms with E-state index in [1.54, 1.807) is 0 Å². The van der Waals surface area contributed by atoms with Gasteiger partial charge < -0.3 is 10.1 Å². The van der Waals surface area contributed by atoms with Crippen molar-refractivity contribution in [2.75, 3.05) is 19.0 Å². The van der Waals surface area contributed by atoms with Gasteiger partial charge in [-0.15, -0.1) is 0 Å². The molecule has 0 saturated heterocycles. The Balaban J connectivity index is 3.48. The van der Waals surface area contributed by atoms with Crippen LogP contribution in [0.1, 0.15) is 17.3 Å². The van der Waals surface area contributed by atoms with E-state index in [0.717, 1.165) is 7.05 Å². The van der Waals surface area contributed by atoms with E-state index in [2.05, 4.69) is 4.74 Å². The fourth-order valence-corrected chi connectivity index (χ4v) is 1.23. The molecule has 0 aliphatic carbocycles. The third kappa shape index (κ3) is 2.17. The highest BCUT2D eigenvalue weighted by atomic mass is 19.2. The molecule has 0 aliphatic rings. The zero-order chi connectivity index (χ0) is 13.2. The van der Waals surface area contributed by atoms with E-state index < -0.39 is 40.5 Å². The number of halogens is 4. The smallest absolute Gasteiger partial charge is 0.344 e. The molecule has 0 amide bonds. The number of hydrogen-bond donors (Lipinski definition) is 1. The number of carbonyl (C=O) groups excluding carboxylic acids is 1. The highest BCUT2D eigenvalue weighted by Gasteiger charge is 2.29. The first-order valence-corrected chi connectivity index (χ1v) is 4.66. The summed E-state index contributed by atoms with van der Waals surface area (Å²) < 4.78 is 57.5. The molecule has 0 bridgehead atoms. The van der Waals surface area contributed by atoms with Gasteiger partial charge in [0.25, 0.3) is 0 Å². The lowest BCUT2D eigenvalue weighted by atomic mass is 10.1. The molecule has 0 aliphatic heterocycles. The van der Waals surface area contributed by atoms with Gasteiger partial charge in [0.1, 0.15) is 11.3 Å². The summed E-state index contributed by atoms with van der Waals surface area (Å²) in [7, 11) is 1.09. The highest BCUT2D eigenvalue weighted by Crippen LogP contribution is 2.28. The van der Waals surface area contributed by atoms with Gasteiger partial charge in [-0.25, -0.2) is 22.4 Å². The van der Waals surface area contributed by atoms with Crippen molar-refractivity contribution in [1.82, 2.24) is 0 Å². The minimum atomic E-state index is -1.79. The second-order valence-corrected chi connectivity index (χ2v) is 2.98. The molecule has 7 heteroatoms. The number of esters is 1. The van der Waals surface area contributed by atoms with E-state index in [-0.39, 0.29) is 6.61 Å². The molecule has 17 heavy (non-hydrogen) atoms. The molecular weight excluding hydrogens is 242 g/mol. The molecule has 0 aromatic heterocycles. The lowest BCUT2D eigenvalue weighted by Gasteiger charge is -2.10. The third-order valence-electron chi connectivity index (χ3n) is 1.99. The summed E-state index contributed by atoms with van der Waals surface area (Å²) in [5, 5.41) is 1.96. The van der Waals surface area contributed by atoms with Crippen molar-refractivity contribution in [3.05, 3.63) is 28.8 Å². The molecule has 0 unspecified atom stereocenters. The average molecular weight is 251 g/mol. The quantitative estimate of drug-likeness (QED) is 0.509. The first kappa shape index (κ1) is 13.3. The van der Waals surface area contributed by atoms with Gasteiger partial charge >= 0.3 is 5.97 Å². The molecule has 0 atom stereocenters. The fraction of sp³-hybridized carbons (Fsp3) is 0.300. The number of ether oxygens (including phenoxy) is 1. The Hall–Kier alpha value is -1.79. The second-order valence-electron chi connectivity index (χ2n) is 2.98. The Morgan fingerprint density at radius 3 is 1.94 bits per heavy atom. The summed E-state index contributed by atoms with van der Waals surface area (Å²) in [4.78, 5) is 11.1. The van der Waals surface area contributed by atoms with E-state index in [0.29, 0.717) is 0 Å². The second kappa shape index (κ2) is 5.03. The maximum Gasteiger partial charge on any atom is 0.344 e. The summed E-state index contributed by atoms with van der Waals surface area (Å²) in [5.74, 6) is -8.37. The van der Waals surface area contributed by atoms with Crippen LogP contribution in [0.4, 0.5) is 23.2 Å². The van der Waals surface area contributed by atoms with E-state index in [9.17, 15) is 22.4 Å². The molecule has 1 aromatic carbocycles. The largest absolute Gasteiger partial charge is 0.462 e. The summed E-state index contributed by atoms with van der Waals surface area (Å²) in [6, 6.07) is 0. The van der Waals surface area contributed by atoms with Gasteiger partial charge in [-0.1, -0.05) is 0 Å². The predicted octanol–water partition coefficient (Wildman–Crippen LogP) is 2.46. The fourth-order valence-electron chi connectivity index (χ4n) is 1.23. The molecule has 0 heterocycles. The molecule has 1 rings (SSSR count). The van der Waals surface area contributed by atoms with E-state index >= 15 is 0 Å². The van der Waals surface area contributed by atoms with Gasteiger partial charge in [0.15, 0.2) is 23.3 Å². The van der Waals surface area contributed by atoms with Gasteiger partial charge in [0.05, 0.1) is 6.61 Å². The molecule has 0 radical (unpaired) electrons. The summed E-state index contributed by atoms with van der Waals surface area (Å²) in [5.41, 5.74) is -2.35. The van der Waals surface area contributed by atoms with Crippen LogP contribution in [0, 0.1) is 23.3 Å². The van der Waals surface area contributed by atoms with Crippen LogP contribution in [0.25, 0.3) is 0 Å². The van der Waals surface area contributed by atoms with Gasteiger partial charge in [-0.2, -0.15) is 0 Å². The Morgan fingerprint density at radius 2 is 1.59 bits per heavy atom. The third-order valence-corrected chi connectivity index (χ3v) is 1.99. The van der Waals surface area contributed by atoms with Crippen molar-refractivity contribution >= 4 is 11.7 Å². The van der Waals surface area contributed by atoms with Crippen molar-refractivity contribution in [2.45, 2.75) is 6.92 Å². The topological polar surface area (TPSA) is 38.3 Å². The summed E-state index contributed by atoms with van der Waals surface area (Å²) >= 11 is 0. The van der Waals surface area contributed by atoms with Crippen LogP contribution in [-0.4, -0.2) is 19.6 Å². The van der Waals surface area contributed by atoms with Crippen LogP contribution in [-0.2, 0) is 4.74 Å². The van der Waals surface area contributed by atoms with Crippen LogP contribution in [0.15, 0.2) is 0 Å². The summed E-state index contributed by atoms with van der Waals surface area (Å²) in [6.07, 6.45) is 0. The van der Waals surface area contributed by atoms with Crippen LogP contribution < -0.4 is 5.32 Å². The maximum absolute atomic E-state index is 13.3. The van der Waals surface area contributed by atoms with Crippen LogP contribution in [0.5, 0.6) is 0 Å². The SMILES string of the molecule is CCOC(=O)c1c(F)c(F)c(NC)c(F)c1F. The number of anilines is 1. The van der Waals surface area contributed by atoms with Gasteiger partial charge in [0, 0.05) is 7.05 Å². The Kier molecular flexibility index (Phi) is 3.93. The molecule has 94 valence electrons. The Bertz CT molecular complexity index is 433. The van der Waals surface area contributed by atoms with Gasteiger partial charge in [0.2, 0.25) is 0 Å². The zero-order valence-electron chi connectivity index (χ0n) is 9.04. The first-order valence-electron chi connectivity index (χ1n) is 4.66. The summed E-state index contributed by atoms with van der Waals surface area (Å²) in [6.45, 7) is 1.22. The molecule has 0 saturated carbocycles. The van der Waals surface area contributed by atoms with Crippen molar-refractivity contribution in [3.8, 4) is 0 Å². The molecule has 0 spiro atoms.